The average molecular weight is 497 g/mol. The van der Waals surface area contributed by atoms with Gasteiger partial charge in [-0.15, -0.1) is 6.42 Å². The summed E-state index contributed by atoms with van der Waals surface area (Å²) in [6, 6.07) is 11.9. The smallest absolute Gasteiger partial charge is 0.319 e. The number of likely N-dealkylation sites (N-methyl/N-ethyl adjacent to an activating group) is 1. The molecule has 2 aliphatic heterocycles. The summed E-state index contributed by atoms with van der Waals surface area (Å²) in [6.07, 6.45) is 9.68. The molecule has 4 aromatic rings. The van der Waals surface area contributed by atoms with E-state index in [-0.39, 0.29) is 17.2 Å². The Morgan fingerprint density at radius 3 is 2.70 bits per heavy atom. The van der Waals surface area contributed by atoms with E-state index >= 15 is 4.39 Å². The molecule has 0 aliphatic carbocycles. The van der Waals surface area contributed by atoms with Crippen molar-refractivity contribution in [3.05, 3.63) is 54.0 Å². The molecule has 2 aliphatic rings. The van der Waals surface area contributed by atoms with Crippen LogP contribution in [-0.4, -0.2) is 72.3 Å². The van der Waals surface area contributed by atoms with Gasteiger partial charge >= 0.3 is 6.01 Å². The maximum Gasteiger partial charge on any atom is 0.319 e. The van der Waals surface area contributed by atoms with Crippen LogP contribution in [0, 0.1) is 18.2 Å². The number of pyridine rings is 1. The van der Waals surface area contributed by atoms with E-state index in [0.717, 1.165) is 56.3 Å². The molecule has 8 heteroatoms. The van der Waals surface area contributed by atoms with Gasteiger partial charge in [0.2, 0.25) is 0 Å². The molecule has 0 radical (unpaired) electrons. The first-order chi connectivity index (χ1) is 18.1. The molecule has 0 unspecified atom stereocenters. The Morgan fingerprint density at radius 1 is 1.14 bits per heavy atom. The van der Waals surface area contributed by atoms with Crippen molar-refractivity contribution in [3.8, 4) is 29.6 Å². The topological polar surface area (TPSA) is 66.4 Å². The number of terminal acetylenes is 1. The van der Waals surface area contributed by atoms with Gasteiger partial charge in [0.1, 0.15) is 23.6 Å². The molecule has 7 nitrogen and oxygen atoms in total. The molecular formula is C29H29FN6O. The number of hydrogen-bond acceptors (Lipinski definition) is 7. The SMILES string of the molecule is C#Cc1cccc2cccc(-c3ncc4c(N5CCNCC5)nc(OC[C@@H]5CCCN5C)nc4c3F)c12. The maximum atomic E-state index is 16.3. The molecule has 4 heterocycles. The van der Waals surface area contributed by atoms with Crippen LogP contribution in [0.4, 0.5) is 10.2 Å². The fourth-order valence-corrected chi connectivity index (χ4v) is 5.41. The highest BCUT2D eigenvalue weighted by atomic mass is 19.1. The van der Waals surface area contributed by atoms with Gasteiger partial charge in [-0.2, -0.15) is 9.97 Å². The van der Waals surface area contributed by atoms with Crippen molar-refractivity contribution in [2.24, 2.45) is 0 Å². The second kappa shape index (κ2) is 9.92. The number of benzene rings is 2. The van der Waals surface area contributed by atoms with E-state index in [1.807, 2.05) is 36.4 Å². The largest absolute Gasteiger partial charge is 0.462 e. The number of aromatic nitrogens is 3. The third-order valence-electron chi connectivity index (χ3n) is 7.45. The van der Waals surface area contributed by atoms with Crippen LogP contribution in [-0.2, 0) is 0 Å². The minimum absolute atomic E-state index is 0.194. The molecule has 1 atom stereocenters. The van der Waals surface area contributed by atoms with Crippen molar-refractivity contribution in [1.82, 2.24) is 25.2 Å². The number of piperazine rings is 1. The Morgan fingerprint density at radius 2 is 1.95 bits per heavy atom. The quantitative estimate of drug-likeness (QED) is 0.421. The summed E-state index contributed by atoms with van der Waals surface area (Å²) < 4.78 is 22.4. The van der Waals surface area contributed by atoms with Gasteiger partial charge in [0, 0.05) is 54.9 Å². The van der Waals surface area contributed by atoms with Crippen molar-refractivity contribution in [1.29, 1.82) is 0 Å². The molecule has 2 aromatic carbocycles. The fraction of sp³-hybridized carbons (Fsp3) is 0.345. The van der Waals surface area contributed by atoms with Crippen molar-refractivity contribution in [3.63, 3.8) is 0 Å². The van der Waals surface area contributed by atoms with E-state index in [4.69, 9.17) is 16.1 Å². The summed E-state index contributed by atoms with van der Waals surface area (Å²) in [7, 11) is 2.10. The lowest BCUT2D eigenvalue weighted by atomic mass is 9.97. The van der Waals surface area contributed by atoms with Crippen molar-refractivity contribution < 1.29 is 9.13 Å². The van der Waals surface area contributed by atoms with E-state index in [1.165, 1.54) is 0 Å². The van der Waals surface area contributed by atoms with Gasteiger partial charge in [-0.3, -0.25) is 4.98 Å². The second-order valence-electron chi connectivity index (χ2n) is 9.69. The molecule has 0 amide bonds. The number of nitrogens with one attached hydrogen (secondary N) is 1. The Labute approximate surface area is 215 Å². The van der Waals surface area contributed by atoms with Gasteiger partial charge in [0.05, 0.1) is 5.39 Å². The van der Waals surface area contributed by atoms with Crippen molar-refractivity contribution in [2.75, 3.05) is 51.3 Å². The first kappa shape index (κ1) is 23.6. The van der Waals surface area contributed by atoms with Crippen LogP contribution in [0.2, 0.25) is 0 Å². The van der Waals surface area contributed by atoms with Gasteiger partial charge in [-0.25, -0.2) is 4.39 Å². The lowest BCUT2D eigenvalue weighted by Crippen LogP contribution is -2.44. The first-order valence-electron chi connectivity index (χ1n) is 12.8. The Hall–Kier alpha value is -3.80. The highest BCUT2D eigenvalue weighted by Gasteiger charge is 2.25. The summed E-state index contributed by atoms with van der Waals surface area (Å²) in [6.45, 7) is 4.69. The third kappa shape index (κ3) is 4.35. The van der Waals surface area contributed by atoms with Gasteiger partial charge in [-0.05, 0) is 37.9 Å². The van der Waals surface area contributed by atoms with Crippen LogP contribution >= 0.6 is 0 Å². The van der Waals surface area contributed by atoms with Crippen LogP contribution in [0.1, 0.15) is 18.4 Å². The van der Waals surface area contributed by atoms with Gasteiger partial charge in [-0.1, -0.05) is 36.3 Å². The van der Waals surface area contributed by atoms with E-state index in [0.29, 0.717) is 35.0 Å². The van der Waals surface area contributed by atoms with Crippen LogP contribution < -0.4 is 15.0 Å². The van der Waals surface area contributed by atoms with Gasteiger partial charge in [0.25, 0.3) is 0 Å². The van der Waals surface area contributed by atoms with Gasteiger partial charge in [0.15, 0.2) is 5.82 Å². The number of likely N-dealkylation sites (tertiary alicyclic amines) is 1. The van der Waals surface area contributed by atoms with Crippen LogP contribution in [0.15, 0.2) is 42.6 Å². The number of fused-ring (bicyclic) bond motifs is 2. The fourth-order valence-electron chi connectivity index (χ4n) is 5.41. The minimum Gasteiger partial charge on any atom is -0.462 e. The van der Waals surface area contributed by atoms with Crippen LogP contribution in [0.3, 0.4) is 0 Å². The number of ether oxygens (including phenoxy) is 1. The molecular weight excluding hydrogens is 467 g/mol. The lowest BCUT2D eigenvalue weighted by molar-refractivity contribution is 0.188. The van der Waals surface area contributed by atoms with E-state index in [1.54, 1.807) is 6.20 Å². The Kier molecular flexibility index (Phi) is 6.33. The number of hydrogen-bond donors (Lipinski definition) is 1. The monoisotopic (exact) mass is 496 g/mol. The summed E-state index contributed by atoms with van der Waals surface area (Å²) in [5.74, 6) is 2.89. The summed E-state index contributed by atoms with van der Waals surface area (Å²) in [4.78, 5) is 18.3. The van der Waals surface area contributed by atoms with Gasteiger partial charge < -0.3 is 19.9 Å². The second-order valence-corrected chi connectivity index (χ2v) is 9.69. The molecule has 2 aromatic heterocycles. The number of halogens is 1. The molecule has 6 rings (SSSR count). The predicted molar refractivity (Wildman–Crippen MR) is 144 cm³/mol. The van der Waals surface area contributed by atoms with Crippen LogP contribution in [0.5, 0.6) is 6.01 Å². The summed E-state index contributed by atoms with van der Waals surface area (Å²) in [5.41, 5.74) is 1.76. The minimum atomic E-state index is -0.501. The number of nitrogens with zero attached hydrogens (tertiary/aromatic N) is 5. The summed E-state index contributed by atoms with van der Waals surface area (Å²) in [5, 5.41) is 5.67. The first-order valence-corrected chi connectivity index (χ1v) is 12.8. The molecule has 1 N–H and O–H groups in total. The van der Waals surface area contributed by atoms with E-state index in [2.05, 4.69) is 38.1 Å². The molecule has 2 saturated heterocycles. The summed E-state index contributed by atoms with van der Waals surface area (Å²) >= 11 is 0. The number of rotatable bonds is 5. The van der Waals surface area contributed by atoms with E-state index < -0.39 is 5.82 Å². The zero-order chi connectivity index (χ0) is 25.4. The Balaban J connectivity index is 1.49. The standard InChI is InChI=1S/C29H29FN6O/c1-3-19-7-4-8-20-9-5-11-22(24(19)20)26-25(30)27-23(17-32-26)28(36-15-12-31-13-16-36)34-29(33-27)37-18-21-10-6-14-35(21)2/h1,4-5,7-9,11,17,21,31H,6,10,12-16,18H2,2H3/t21-/m0/s1. The molecule has 0 bridgehead atoms. The number of anilines is 1. The highest BCUT2D eigenvalue weighted by Crippen LogP contribution is 2.36. The predicted octanol–water partition coefficient (Wildman–Crippen LogP) is 3.85. The molecule has 37 heavy (non-hydrogen) atoms. The zero-order valence-electron chi connectivity index (χ0n) is 20.9. The van der Waals surface area contributed by atoms with E-state index in [9.17, 15) is 0 Å². The molecule has 0 spiro atoms. The Bertz CT molecular complexity index is 1510. The normalized spacial score (nSPS) is 18.4. The van der Waals surface area contributed by atoms with Crippen molar-refractivity contribution in [2.45, 2.75) is 18.9 Å². The lowest BCUT2D eigenvalue weighted by Gasteiger charge is -2.29. The third-order valence-corrected chi connectivity index (χ3v) is 7.45. The highest BCUT2D eigenvalue weighted by molar-refractivity contribution is 6.01. The molecule has 0 saturated carbocycles. The maximum absolute atomic E-state index is 16.3. The molecule has 188 valence electrons. The average Bonchev–Trinajstić information content (AvgIpc) is 3.36. The van der Waals surface area contributed by atoms with Crippen LogP contribution in [0.25, 0.3) is 32.9 Å². The zero-order valence-corrected chi connectivity index (χ0v) is 20.9. The van der Waals surface area contributed by atoms with Crippen molar-refractivity contribution >= 4 is 27.5 Å². The molecule has 2 fully saturated rings.